The minimum Gasteiger partial charge on any atom is -0.480 e. The molecule has 3 atom stereocenters. The first-order valence-electron chi connectivity index (χ1n) is 8.43. The van der Waals surface area contributed by atoms with Gasteiger partial charge in [-0.3, -0.25) is 4.90 Å². The number of hydrogen-bond acceptors (Lipinski definition) is 3. The Morgan fingerprint density at radius 2 is 1.82 bits per heavy atom. The molecule has 0 heterocycles. The highest BCUT2D eigenvalue weighted by Crippen LogP contribution is 2.38. The molecule has 22 heavy (non-hydrogen) atoms. The highest BCUT2D eigenvalue weighted by atomic mass is 16.6. The predicted molar refractivity (Wildman–Crippen MR) is 83.6 cm³/mol. The van der Waals surface area contributed by atoms with Gasteiger partial charge >= 0.3 is 12.1 Å². The summed E-state index contributed by atoms with van der Waals surface area (Å²) in [6.45, 7) is 7.61. The molecule has 2 fully saturated rings. The number of rotatable bonds is 4. The van der Waals surface area contributed by atoms with Crippen LogP contribution in [-0.4, -0.2) is 39.8 Å². The molecule has 2 aliphatic carbocycles. The van der Waals surface area contributed by atoms with Crippen LogP contribution in [0.2, 0.25) is 0 Å². The van der Waals surface area contributed by atoms with Gasteiger partial charge in [-0.15, -0.1) is 0 Å². The zero-order valence-corrected chi connectivity index (χ0v) is 14.2. The maximum absolute atomic E-state index is 12.6. The molecule has 5 nitrogen and oxygen atoms in total. The Kier molecular flexibility index (Phi) is 5.03. The zero-order chi connectivity index (χ0) is 16.5. The fourth-order valence-corrected chi connectivity index (χ4v) is 3.47. The summed E-state index contributed by atoms with van der Waals surface area (Å²) in [7, 11) is 0. The van der Waals surface area contributed by atoms with E-state index in [0.717, 1.165) is 38.5 Å². The molecular weight excluding hydrogens is 282 g/mol. The van der Waals surface area contributed by atoms with Gasteiger partial charge in [0.25, 0.3) is 0 Å². The van der Waals surface area contributed by atoms with Crippen LogP contribution < -0.4 is 0 Å². The number of amides is 1. The first kappa shape index (κ1) is 17.1. The third kappa shape index (κ3) is 4.37. The molecule has 2 aliphatic rings. The lowest BCUT2D eigenvalue weighted by atomic mass is 9.78. The van der Waals surface area contributed by atoms with Crippen LogP contribution in [0.25, 0.3) is 0 Å². The van der Waals surface area contributed by atoms with Gasteiger partial charge in [0.1, 0.15) is 11.6 Å². The van der Waals surface area contributed by atoms with Crippen molar-refractivity contribution in [2.75, 3.05) is 0 Å². The normalized spacial score (nSPS) is 27.1. The number of aliphatic carboxylic acids is 1. The number of carboxylic acid groups (broad SMARTS) is 1. The lowest BCUT2D eigenvalue weighted by Gasteiger charge is -2.38. The fraction of sp³-hybridized carbons (Fsp3) is 0.882. The van der Waals surface area contributed by atoms with E-state index in [4.69, 9.17) is 4.74 Å². The van der Waals surface area contributed by atoms with Crippen molar-refractivity contribution in [2.24, 2.45) is 11.8 Å². The Bertz CT molecular complexity index is 425. The summed E-state index contributed by atoms with van der Waals surface area (Å²) in [5, 5.41) is 9.76. The third-order valence-corrected chi connectivity index (χ3v) is 4.52. The summed E-state index contributed by atoms with van der Waals surface area (Å²) in [6.07, 6.45) is 5.24. The van der Waals surface area contributed by atoms with Gasteiger partial charge in [-0.25, -0.2) is 9.59 Å². The lowest BCUT2D eigenvalue weighted by molar-refractivity contribution is -0.146. The van der Waals surface area contributed by atoms with Crippen LogP contribution >= 0.6 is 0 Å². The molecule has 0 aliphatic heterocycles. The molecule has 1 amide bonds. The average Bonchev–Trinajstić information content (AvgIpc) is 3.16. The molecule has 0 spiro atoms. The van der Waals surface area contributed by atoms with Crippen LogP contribution in [-0.2, 0) is 9.53 Å². The molecule has 126 valence electrons. The van der Waals surface area contributed by atoms with E-state index >= 15 is 0 Å². The van der Waals surface area contributed by atoms with Crippen molar-refractivity contribution in [1.82, 2.24) is 4.90 Å². The van der Waals surface area contributed by atoms with E-state index < -0.39 is 23.7 Å². The Morgan fingerprint density at radius 1 is 1.18 bits per heavy atom. The molecule has 3 unspecified atom stereocenters. The maximum atomic E-state index is 12.6. The van der Waals surface area contributed by atoms with E-state index in [9.17, 15) is 14.7 Å². The topological polar surface area (TPSA) is 66.8 Å². The number of ether oxygens (including phenoxy) is 1. The van der Waals surface area contributed by atoms with Gasteiger partial charge in [0.05, 0.1) is 0 Å². The quantitative estimate of drug-likeness (QED) is 0.860. The highest BCUT2D eigenvalue weighted by molar-refractivity contribution is 5.81. The minimum atomic E-state index is -0.892. The Labute approximate surface area is 133 Å². The number of carboxylic acids is 1. The lowest BCUT2D eigenvalue weighted by Crippen LogP contribution is -2.52. The first-order valence-corrected chi connectivity index (χ1v) is 8.43. The minimum absolute atomic E-state index is 0.0354. The Hall–Kier alpha value is -1.26. The second kappa shape index (κ2) is 6.47. The van der Waals surface area contributed by atoms with Crippen LogP contribution in [0.15, 0.2) is 0 Å². The maximum Gasteiger partial charge on any atom is 0.411 e. The summed E-state index contributed by atoms with van der Waals surface area (Å²) in [4.78, 5) is 26.0. The van der Waals surface area contributed by atoms with Crippen LogP contribution in [0.4, 0.5) is 4.79 Å². The SMILES string of the molecule is CC1CCCC(C(C(=O)O)N(C(=O)OC(C)(C)C)C2CC2)C1. The van der Waals surface area contributed by atoms with Crippen molar-refractivity contribution in [3.05, 3.63) is 0 Å². The molecule has 0 saturated heterocycles. The van der Waals surface area contributed by atoms with E-state index in [2.05, 4.69) is 6.92 Å². The fourth-order valence-electron chi connectivity index (χ4n) is 3.47. The van der Waals surface area contributed by atoms with E-state index in [0.29, 0.717) is 5.92 Å². The summed E-state index contributed by atoms with van der Waals surface area (Å²) < 4.78 is 5.47. The van der Waals surface area contributed by atoms with Gasteiger partial charge in [0.15, 0.2) is 0 Å². The van der Waals surface area contributed by atoms with Gasteiger partial charge in [-0.2, -0.15) is 0 Å². The summed E-state index contributed by atoms with van der Waals surface area (Å²) in [5.74, 6) is -0.327. The largest absolute Gasteiger partial charge is 0.480 e. The van der Waals surface area contributed by atoms with Crippen LogP contribution in [0, 0.1) is 11.8 Å². The zero-order valence-electron chi connectivity index (χ0n) is 14.2. The van der Waals surface area contributed by atoms with Crippen molar-refractivity contribution in [2.45, 2.75) is 83.9 Å². The molecule has 0 aromatic carbocycles. The monoisotopic (exact) mass is 311 g/mol. The molecule has 2 saturated carbocycles. The second-order valence-corrected chi connectivity index (χ2v) is 7.93. The van der Waals surface area contributed by atoms with Gasteiger partial charge in [0, 0.05) is 6.04 Å². The predicted octanol–water partition coefficient (Wildman–Crippen LogP) is 3.67. The van der Waals surface area contributed by atoms with E-state index in [1.54, 1.807) is 0 Å². The summed E-state index contributed by atoms with van der Waals surface area (Å²) in [5.41, 5.74) is -0.604. The standard InChI is InChI=1S/C17H29NO4/c1-11-6-5-7-12(10-11)14(15(19)20)18(13-8-9-13)16(21)22-17(2,3)4/h11-14H,5-10H2,1-4H3,(H,19,20). The van der Waals surface area contributed by atoms with Crippen LogP contribution in [0.3, 0.4) is 0 Å². The smallest absolute Gasteiger partial charge is 0.411 e. The summed E-state index contributed by atoms with van der Waals surface area (Å²) in [6, 6.07) is -0.710. The Morgan fingerprint density at radius 3 is 2.27 bits per heavy atom. The molecular formula is C17H29NO4. The highest BCUT2D eigenvalue weighted by Gasteiger charge is 2.46. The molecule has 2 rings (SSSR count). The molecule has 5 heteroatoms. The van der Waals surface area contributed by atoms with Gasteiger partial charge in [-0.1, -0.05) is 19.8 Å². The van der Waals surface area contributed by atoms with Crippen molar-refractivity contribution < 1.29 is 19.4 Å². The van der Waals surface area contributed by atoms with E-state index in [1.807, 2.05) is 20.8 Å². The van der Waals surface area contributed by atoms with Gasteiger partial charge in [0.2, 0.25) is 0 Å². The number of carbonyl (C=O) groups is 2. The molecule has 1 N–H and O–H groups in total. The third-order valence-electron chi connectivity index (χ3n) is 4.52. The van der Waals surface area contributed by atoms with E-state index in [-0.39, 0.29) is 12.0 Å². The van der Waals surface area contributed by atoms with Gasteiger partial charge < -0.3 is 9.84 Å². The Balaban J connectivity index is 2.18. The molecule has 0 bridgehead atoms. The second-order valence-electron chi connectivity index (χ2n) is 7.93. The average molecular weight is 311 g/mol. The molecule has 0 aromatic rings. The molecule has 0 radical (unpaired) electrons. The van der Waals surface area contributed by atoms with Crippen molar-refractivity contribution in [3.63, 3.8) is 0 Å². The summed E-state index contributed by atoms with van der Waals surface area (Å²) >= 11 is 0. The van der Waals surface area contributed by atoms with Crippen molar-refractivity contribution in [3.8, 4) is 0 Å². The van der Waals surface area contributed by atoms with E-state index in [1.165, 1.54) is 4.90 Å². The van der Waals surface area contributed by atoms with Gasteiger partial charge in [-0.05, 0) is 58.3 Å². The van der Waals surface area contributed by atoms with Crippen LogP contribution in [0.1, 0.15) is 66.2 Å². The van der Waals surface area contributed by atoms with Crippen molar-refractivity contribution in [1.29, 1.82) is 0 Å². The number of carbonyl (C=O) groups excluding carboxylic acids is 1. The number of hydrogen-bond donors (Lipinski definition) is 1. The number of nitrogens with zero attached hydrogens (tertiary/aromatic N) is 1. The molecule has 0 aromatic heterocycles. The van der Waals surface area contributed by atoms with Crippen molar-refractivity contribution >= 4 is 12.1 Å². The van der Waals surface area contributed by atoms with Crippen LogP contribution in [0.5, 0.6) is 0 Å². The first-order chi connectivity index (χ1) is 10.2.